The zero-order chi connectivity index (χ0) is 8.97. The molecule has 2 atom stereocenters. The molecule has 1 aliphatic heterocycles. The lowest BCUT2D eigenvalue weighted by molar-refractivity contribution is -0.119. The Hall–Kier alpha value is -0.220. The summed E-state index contributed by atoms with van der Waals surface area (Å²) in [5, 5.41) is 0. The molecule has 2 unspecified atom stereocenters. The van der Waals surface area contributed by atoms with Gasteiger partial charge in [0.1, 0.15) is 0 Å². The molecule has 1 rings (SSSR count). The lowest BCUT2D eigenvalue weighted by Crippen LogP contribution is -2.38. The van der Waals surface area contributed by atoms with E-state index in [4.69, 9.17) is 11.5 Å². The molecule has 0 aromatic heterocycles. The molecule has 0 aromatic rings. The van der Waals surface area contributed by atoms with Crippen molar-refractivity contribution in [2.45, 2.75) is 25.3 Å². The zero-order valence-electron chi connectivity index (χ0n) is 7.16. The molecule has 1 amide bonds. The maximum Gasteiger partial charge on any atom is 0.234 e. The second-order valence-corrected chi connectivity index (χ2v) is 4.48. The first-order valence-corrected chi connectivity index (χ1v) is 5.48. The van der Waals surface area contributed by atoms with E-state index < -0.39 is 6.04 Å². The number of carbonyl (C=O) groups excluding carboxylic acids is 1. The van der Waals surface area contributed by atoms with Gasteiger partial charge in [0.05, 0.1) is 6.04 Å². The number of amides is 1. The predicted molar refractivity (Wildman–Crippen MR) is 51.8 cm³/mol. The standard InChI is InChI=1S/C8H16N2OS/c9-7(8(10)11)4-6-2-1-3-12-5-6/h6-7H,1-5,9H2,(H2,10,11). The molecule has 1 heterocycles. The van der Waals surface area contributed by atoms with Crippen molar-refractivity contribution in [3.8, 4) is 0 Å². The minimum absolute atomic E-state index is 0.370. The summed E-state index contributed by atoms with van der Waals surface area (Å²) in [7, 11) is 0. The maximum absolute atomic E-state index is 10.7. The summed E-state index contributed by atoms with van der Waals surface area (Å²) >= 11 is 1.95. The Morgan fingerprint density at radius 1 is 1.67 bits per heavy atom. The van der Waals surface area contributed by atoms with Crippen LogP contribution in [-0.4, -0.2) is 23.5 Å². The topological polar surface area (TPSA) is 69.1 Å². The van der Waals surface area contributed by atoms with E-state index in [9.17, 15) is 4.79 Å². The van der Waals surface area contributed by atoms with Gasteiger partial charge in [-0.15, -0.1) is 0 Å². The fourth-order valence-electron chi connectivity index (χ4n) is 1.47. The number of nitrogens with two attached hydrogens (primary N) is 2. The van der Waals surface area contributed by atoms with Crippen molar-refractivity contribution in [1.29, 1.82) is 0 Å². The highest BCUT2D eigenvalue weighted by Gasteiger charge is 2.19. The molecule has 1 fully saturated rings. The number of carbonyl (C=O) groups is 1. The van der Waals surface area contributed by atoms with Crippen LogP contribution < -0.4 is 11.5 Å². The number of primary amides is 1. The minimum Gasteiger partial charge on any atom is -0.368 e. The van der Waals surface area contributed by atoms with E-state index in [1.807, 2.05) is 11.8 Å². The van der Waals surface area contributed by atoms with Crippen LogP contribution in [0.25, 0.3) is 0 Å². The van der Waals surface area contributed by atoms with Crippen molar-refractivity contribution in [3.05, 3.63) is 0 Å². The van der Waals surface area contributed by atoms with Crippen molar-refractivity contribution < 1.29 is 4.79 Å². The van der Waals surface area contributed by atoms with Gasteiger partial charge in [0.25, 0.3) is 0 Å². The molecular weight excluding hydrogens is 172 g/mol. The predicted octanol–water partition coefficient (Wildman–Crippen LogP) is 0.332. The quantitative estimate of drug-likeness (QED) is 0.670. The molecular formula is C8H16N2OS. The highest BCUT2D eigenvalue weighted by atomic mass is 32.2. The van der Waals surface area contributed by atoms with E-state index in [2.05, 4.69) is 0 Å². The minimum atomic E-state index is -0.436. The first-order chi connectivity index (χ1) is 5.70. The van der Waals surface area contributed by atoms with Crippen LogP contribution in [-0.2, 0) is 4.79 Å². The van der Waals surface area contributed by atoms with E-state index in [0.29, 0.717) is 5.92 Å². The molecule has 1 saturated heterocycles. The molecule has 3 nitrogen and oxygen atoms in total. The summed E-state index contributed by atoms with van der Waals surface area (Å²) in [6.45, 7) is 0. The summed E-state index contributed by atoms with van der Waals surface area (Å²) in [5.41, 5.74) is 10.6. The van der Waals surface area contributed by atoms with Gasteiger partial charge in [-0.2, -0.15) is 11.8 Å². The van der Waals surface area contributed by atoms with Gasteiger partial charge in [-0.25, -0.2) is 0 Å². The molecule has 0 radical (unpaired) electrons. The number of rotatable bonds is 3. The SMILES string of the molecule is NC(=O)C(N)CC1CCCSC1. The smallest absolute Gasteiger partial charge is 0.234 e. The molecule has 0 bridgehead atoms. The number of hydrogen-bond acceptors (Lipinski definition) is 3. The largest absolute Gasteiger partial charge is 0.368 e. The van der Waals surface area contributed by atoms with Crippen LogP contribution in [0.2, 0.25) is 0 Å². The molecule has 12 heavy (non-hydrogen) atoms. The van der Waals surface area contributed by atoms with Crippen LogP contribution in [0.3, 0.4) is 0 Å². The highest BCUT2D eigenvalue weighted by molar-refractivity contribution is 7.99. The van der Waals surface area contributed by atoms with Crippen molar-refractivity contribution in [2.24, 2.45) is 17.4 Å². The first-order valence-electron chi connectivity index (χ1n) is 4.33. The normalized spacial score (nSPS) is 26.6. The van der Waals surface area contributed by atoms with Gasteiger partial charge in [0.15, 0.2) is 0 Å². The average Bonchev–Trinajstić information content (AvgIpc) is 2.06. The van der Waals surface area contributed by atoms with Crippen LogP contribution in [0.1, 0.15) is 19.3 Å². The molecule has 0 spiro atoms. The van der Waals surface area contributed by atoms with Crippen molar-refractivity contribution in [1.82, 2.24) is 0 Å². The van der Waals surface area contributed by atoms with E-state index in [-0.39, 0.29) is 5.91 Å². The van der Waals surface area contributed by atoms with Crippen LogP contribution in [0.15, 0.2) is 0 Å². The Morgan fingerprint density at radius 2 is 2.42 bits per heavy atom. The summed E-state index contributed by atoms with van der Waals surface area (Å²) in [4.78, 5) is 10.7. The molecule has 0 aromatic carbocycles. The van der Waals surface area contributed by atoms with Crippen molar-refractivity contribution in [3.63, 3.8) is 0 Å². The Morgan fingerprint density at radius 3 is 2.92 bits per heavy atom. The molecule has 1 aliphatic rings. The average molecular weight is 188 g/mol. The maximum atomic E-state index is 10.7. The Bertz CT molecular complexity index is 157. The fourth-order valence-corrected chi connectivity index (χ4v) is 2.64. The van der Waals surface area contributed by atoms with E-state index in [1.54, 1.807) is 0 Å². The molecule has 0 aliphatic carbocycles. The van der Waals surface area contributed by atoms with Crippen LogP contribution >= 0.6 is 11.8 Å². The second kappa shape index (κ2) is 4.72. The van der Waals surface area contributed by atoms with E-state index in [1.165, 1.54) is 18.6 Å². The van der Waals surface area contributed by atoms with Crippen molar-refractivity contribution in [2.75, 3.05) is 11.5 Å². The lowest BCUT2D eigenvalue weighted by Gasteiger charge is -2.22. The van der Waals surface area contributed by atoms with Gasteiger partial charge in [-0.05, 0) is 36.7 Å². The molecule has 70 valence electrons. The molecule has 0 saturated carbocycles. The summed E-state index contributed by atoms with van der Waals surface area (Å²) in [6, 6.07) is -0.436. The lowest BCUT2D eigenvalue weighted by atomic mass is 9.97. The van der Waals surface area contributed by atoms with Gasteiger partial charge in [0, 0.05) is 0 Å². The van der Waals surface area contributed by atoms with Gasteiger partial charge < -0.3 is 11.5 Å². The summed E-state index contributed by atoms with van der Waals surface area (Å²) in [5.74, 6) is 2.63. The molecule has 4 heteroatoms. The van der Waals surface area contributed by atoms with E-state index >= 15 is 0 Å². The van der Waals surface area contributed by atoms with E-state index in [0.717, 1.165) is 12.2 Å². The van der Waals surface area contributed by atoms with Crippen LogP contribution in [0, 0.1) is 5.92 Å². The van der Waals surface area contributed by atoms with Crippen molar-refractivity contribution >= 4 is 17.7 Å². The highest BCUT2D eigenvalue weighted by Crippen LogP contribution is 2.25. The summed E-state index contributed by atoms with van der Waals surface area (Å²) in [6.07, 6.45) is 3.22. The van der Waals surface area contributed by atoms with Crippen LogP contribution in [0.4, 0.5) is 0 Å². The molecule has 4 N–H and O–H groups in total. The Kier molecular flexibility index (Phi) is 3.88. The third-order valence-electron chi connectivity index (χ3n) is 2.21. The Balaban J connectivity index is 2.24. The summed E-state index contributed by atoms with van der Waals surface area (Å²) < 4.78 is 0. The second-order valence-electron chi connectivity index (χ2n) is 3.33. The van der Waals surface area contributed by atoms with Gasteiger partial charge in [0.2, 0.25) is 5.91 Å². The monoisotopic (exact) mass is 188 g/mol. The number of hydrogen-bond donors (Lipinski definition) is 2. The first kappa shape index (κ1) is 9.86. The Labute approximate surface area is 77.3 Å². The van der Waals surface area contributed by atoms with Crippen LogP contribution in [0.5, 0.6) is 0 Å². The number of thioether (sulfide) groups is 1. The third kappa shape index (κ3) is 3.03. The van der Waals surface area contributed by atoms with Gasteiger partial charge in [-0.3, -0.25) is 4.79 Å². The van der Waals surface area contributed by atoms with Gasteiger partial charge in [-0.1, -0.05) is 0 Å². The third-order valence-corrected chi connectivity index (χ3v) is 3.49. The fraction of sp³-hybridized carbons (Fsp3) is 0.875. The zero-order valence-corrected chi connectivity index (χ0v) is 7.98. The van der Waals surface area contributed by atoms with Gasteiger partial charge >= 0.3 is 0 Å².